The summed E-state index contributed by atoms with van der Waals surface area (Å²) in [5.74, 6) is 0.351. The van der Waals surface area contributed by atoms with Crippen molar-refractivity contribution < 1.29 is 4.79 Å². The molecular weight excluding hydrogens is 296 g/mol. The van der Waals surface area contributed by atoms with Crippen LogP contribution in [0.15, 0.2) is 6.07 Å². The van der Waals surface area contributed by atoms with Gasteiger partial charge in [-0.05, 0) is 44.9 Å². The Labute approximate surface area is 137 Å². The number of carbonyl (C=O) groups excluding carboxylic acids is 1. The van der Waals surface area contributed by atoms with Crippen LogP contribution in [-0.4, -0.2) is 39.9 Å². The average Bonchev–Trinajstić information content (AvgIpc) is 3.03. The van der Waals surface area contributed by atoms with Gasteiger partial charge in [-0.25, -0.2) is 4.79 Å². The Kier molecular flexibility index (Phi) is 6.17. The molecule has 22 heavy (non-hydrogen) atoms. The smallest absolute Gasteiger partial charge is 0.315 e. The Morgan fingerprint density at radius 1 is 1.50 bits per heavy atom. The molecule has 0 bridgehead atoms. The van der Waals surface area contributed by atoms with Crippen LogP contribution in [0.2, 0.25) is 0 Å². The second-order valence-electron chi connectivity index (χ2n) is 6.38. The fraction of sp³-hybridized carbons (Fsp3) is 0.750. The molecule has 0 radical (unpaired) electrons. The van der Waals surface area contributed by atoms with Crippen LogP contribution in [-0.2, 0) is 6.54 Å². The Hall–Kier alpha value is -1.17. The average molecular weight is 324 g/mol. The molecule has 1 fully saturated rings. The van der Waals surface area contributed by atoms with Crippen molar-refractivity contribution in [2.75, 3.05) is 12.8 Å². The van der Waals surface area contributed by atoms with E-state index in [1.165, 1.54) is 18.5 Å². The van der Waals surface area contributed by atoms with Crippen LogP contribution < -0.4 is 10.6 Å². The number of urea groups is 1. The first-order valence-corrected chi connectivity index (χ1v) is 9.36. The number of nitrogens with zero attached hydrogens (tertiary/aromatic N) is 2. The van der Waals surface area contributed by atoms with Gasteiger partial charge in [-0.2, -0.15) is 16.9 Å². The van der Waals surface area contributed by atoms with Gasteiger partial charge >= 0.3 is 6.03 Å². The summed E-state index contributed by atoms with van der Waals surface area (Å²) in [6.07, 6.45) is 5.64. The van der Waals surface area contributed by atoms with Crippen LogP contribution in [0.4, 0.5) is 4.79 Å². The van der Waals surface area contributed by atoms with Crippen molar-refractivity contribution in [3.63, 3.8) is 0 Å². The lowest BCUT2D eigenvalue weighted by molar-refractivity contribution is 0.235. The third-order valence-corrected chi connectivity index (χ3v) is 5.44. The first kappa shape index (κ1) is 17.2. The van der Waals surface area contributed by atoms with E-state index in [4.69, 9.17) is 0 Å². The number of hydrogen-bond donors (Lipinski definition) is 2. The van der Waals surface area contributed by atoms with Crippen molar-refractivity contribution in [1.82, 2.24) is 20.4 Å². The maximum absolute atomic E-state index is 12.0. The number of thioether (sulfide) groups is 1. The first-order valence-electron chi connectivity index (χ1n) is 8.07. The summed E-state index contributed by atoms with van der Waals surface area (Å²) in [6.45, 7) is 7.70. The van der Waals surface area contributed by atoms with Crippen molar-refractivity contribution in [3.05, 3.63) is 17.5 Å². The minimum Gasteiger partial charge on any atom is -0.338 e. The highest BCUT2D eigenvalue weighted by molar-refractivity contribution is 7.99. The van der Waals surface area contributed by atoms with Gasteiger partial charge in [0.25, 0.3) is 0 Å². The zero-order valence-corrected chi connectivity index (χ0v) is 14.9. The molecule has 2 N–H and O–H groups in total. The lowest BCUT2D eigenvalue weighted by Crippen LogP contribution is -2.45. The van der Waals surface area contributed by atoms with Gasteiger partial charge in [0.1, 0.15) is 0 Å². The van der Waals surface area contributed by atoms with E-state index in [9.17, 15) is 4.79 Å². The molecule has 0 aromatic carbocycles. The molecule has 1 aliphatic rings. The molecule has 0 aliphatic heterocycles. The molecule has 0 spiro atoms. The maximum atomic E-state index is 12.0. The van der Waals surface area contributed by atoms with Crippen molar-refractivity contribution in [1.29, 1.82) is 0 Å². The summed E-state index contributed by atoms with van der Waals surface area (Å²) in [6, 6.07) is 2.36. The molecule has 124 valence electrons. The molecule has 1 heterocycles. The minimum absolute atomic E-state index is 0.0360. The third-order valence-electron chi connectivity index (χ3n) is 4.27. The van der Waals surface area contributed by atoms with E-state index in [2.05, 4.69) is 41.9 Å². The summed E-state index contributed by atoms with van der Waals surface area (Å²) in [5.41, 5.74) is 2.21. The van der Waals surface area contributed by atoms with Crippen molar-refractivity contribution in [2.45, 2.75) is 57.9 Å². The topological polar surface area (TPSA) is 59.0 Å². The number of hydrogen-bond acceptors (Lipinski definition) is 3. The molecule has 1 aromatic heterocycles. The molecule has 5 nitrogen and oxygen atoms in total. The summed E-state index contributed by atoms with van der Waals surface area (Å²) in [5, 5.41) is 11.2. The summed E-state index contributed by atoms with van der Waals surface area (Å²) in [7, 11) is 0. The van der Waals surface area contributed by atoms with Crippen LogP contribution in [0.1, 0.15) is 37.6 Å². The van der Waals surface area contributed by atoms with Gasteiger partial charge in [0.05, 0.1) is 5.69 Å². The molecule has 0 unspecified atom stereocenters. The van der Waals surface area contributed by atoms with Gasteiger partial charge < -0.3 is 10.6 Å². The van der Waals surface area contributed by atoms with Crippen LogP contribution >= 0.6 is 11.8 Å². The van der Waals surface area contributed by atoms with Crippen LogP contribution in [0.5, 0.6) is 0 Å². The number of rotatable bonds is 6. The van der Waals surface area contributed by atoms with Gasteiger partial charge in [0.15, 0.2) is 0 Å². The van der Waals surface area contributed by atoms with Gasteiger partial charge in [0, 0.05) is 30.1 Å². The number of carbonyl (C=O) groups is 1. The standard InChI is InChI=1S/C16H28N4OS/c1-11(10-20-13(3)8-12(2)19-20)9-17-16(21)18-14-6-5-7-15(14)22-4/h8,11,14-15H,5-7,9-10H2,1-4H3,(H2,17,18,21)/t11-,14-,15+/m0/s1. The second kappa shape index (κ2) is 7.90. The zero-order valence-electron chi connectivity index (χ0n) is 14.1. The van der Waals surface area contributed by atoms with Gasteiger partial charge in [-0.1, -0.05) is 13.3 Å². The molecule has 6 heteroatoms. The number of nitrogens with one attached hydrogen (secondary N) is 2. The van der Waals surface area contributed by atoms with E-state index in [1.54, 1.807) is 0 Å². The van der Waals surface area contributed by atoms with Crippen LogP contribution in [0.25, 0.3) is 0 Å². The van der Waals surface area contributed by atoms with Crippen LogP contribution in [0, 0.1) is 19.8 Å². The number of aryl methyl sites for hydroxylation is 2. The molecule has 1 aliphatic carbocycles. The predicted octanol–water partition coefficient (Wildman–Crippen LogP) is 2.72. The third kappa shape index (κ3) is 4.66. The van der Waals surface area contributed by atoms with Crippen LogP contribution in [0.3, 0.4) is 0 Å². The molecular formula is C16H28N4OS. The Morgan fingerprint density at radius 2 is 2.27 bits per heavy atom. The number of amides is 2. The van der Waals surface area contributed by atoms with E-state index in [1.807, 2.05) is 23.4 Å². The molecule has 1 aromatic rings. The largest absolute Gasteiger partial charge is 0.338 e. The van der Waals surface area contributed by atoms with E-state index < -0.39 is 0 Å². The normalized spacial score (nSPS) is 22.5. The van der Waals surface area contributed by atoms with Gasteiger partial charge in [0.2, 0.25) is 0 Å². The predicted molar refractivity (Wildman–Crippen MR) is 92.3 cm³/mol. The minimum atomic E-state index is -0.0360. The fourth-order valence-electron chi connectivity index (χ4n) is 3.08. The zero-order chi connectivity index (χ0) is 16.1. The maximum Gasteiger partial charge on any atom is 0.315 e. The van der Waals surface area contributed by atoms with Crippen molar-refractivity contribution in [2.24, 2.45) is 5.92 Å². The molecule has 0 saturated heterocycles. The van der Waals surface area contributed by atoms with Gasteiger partial charge in [-0.15, -0.1) is 0 Å². The van der Waals surface area contributed by atoms with E-state index in [-0.39, 0.29) is 6.03 Å². The van der Waals surface area contributed by atoms with Crippen molar-refractivity contribution >= 4 is 17.8 Å². The van der Waals surface area contributed by atoms with Crippen molar-refractivity contribution in [3.8, 4) is 0 Å². The van der Waals surface area contributed by atoms with Gasteiger partial charge in [-0.3, -0.25) is 4.68 Å². The fourth-order valence-corrected chi connectivity index (χ4v) is 4.01. The Morgan fingerprint density at radius 3 is 2.91 bits per heavy atom. The SMILES string of the molecule is CS[C@@H]1CCC[C@@H]1NC(=O)NC[C@H](C)Cn1nc(C)cc1C. The summed E-state index contributed by atoms with van der Waals surface area (Å²) >= 11 is 1.86. The Bertz CT molecular complexity index is 502. The first-order chi connectivity index (χ1) is 10.5. The highest BCUT2D eigenvalue weighted by Gasteiger charge is 2.27. The molecule has 3 atom stereocenters. The second-order valence-corrected chi connectivity index (χ2v) is 7.46. The molecule has 2 rings (SSSR count). The molecule has 1 saturated carbocycles. The lowest BCUT2D eigenvalue weighted by Gasteiger charge is -2.20. The Balaban J connectivity index is 1.72. The monoisotopic (exact) mass is 324 g/mol. The molecule has 2 amide bonds. The van der Waals surface area contributed by atoms with E-state index in [0.717, 1.165) is 18.7 Å². The highest BCUT2D eigenvalue weighted by Crippen LogP contribution is 2.28. The highest BCUT2D eigenvalue weighted by atomic mass is 32.2. The quantitative estimate of drug-likeness (QED) is 0.846. The summed E-state index contributed by atoms with van der Waals surface area (Å²) < 4.78 is 2.01. The van der Waals surface area contributed by atoms with E-state index in [0.29, 0.717) is 23.8 Å². The number of aromatic nitrogens is 2. The van der Waals surface area contributed by atoms with E-state index >= 15 is 0 Å². The lowest BCUT2D eigenvalue weighted by atomic mass is 10.2. The summed E-state index contributed by atoms with van der Waals surface area (Å²) in [4.78, 5) is 12.0.